The zero-order valence-electron chi connectivity index (χ0n) is 10.7. The van der Waals surface area contributed by atoms with Crippen molar-refractivity contribution < 1.29 is 15.0 Å². The molecule has 0 aliphatic heterocycles. The van der Waals surface area contributed by atoms with Gasteiger partial charge < -0.3 is 15.5 Å². The van der Waals surface area contributed by atoms with Crippen LogP contribution in [0, 0.1) is 0 Å². The van der Waals surface area contributed by atoms with E-state index in [0.29, 0.717) is 25.2 Å². The molecule has 0 bridgehead atoms. The molecule has 0 amide bonds. The summed E-state index contributed by atoms with van der Waals surface area (Å²) in [5.74, 6) is -1.05. The maximum atomic E-state index is 10.9. The summed E-state index contributed by atoms with van der Waals surface area (Å²) in [6.45, 7) is 4.44. The SMILES string of the molecule is CCCC(C)(O)CNCc1ncncc1C(=O)O. The van der Waals surface area contributed by atoms with Gasteiger partial charge in [-0.1, -0.05) is 13.3 Å². The van der Waals surface area contributed by atoms with Crippen LogP contribution in [0.1, 0.15) is 42.7 Å². The highest BCUT2D eigenvalue weighted by Crippen LogP contribution is 2.10. The van der Waals surface area contributed by atoms with Crippen molar-refractivity contribution in [1.29, 1.82) is 0 Å². The van der Waals surface area contributed by atoms with Crippen LogP contribution in [0.15, 0.2) is 12.5 Å². The molecule has 1 unspecified atom stereocenters. The lowest BCUT2D eigenvalue weighted by molar-refractivity contribution is 0.0497. The van der Waals surface area contributed by atoms with Gasteiger partial charge in [0, 0.05) is 19.3 Å². The van der Waals surface area contributed by atoms with Crippen molar-refractivity contribution in [3.63, 3.8) is 0 Å². The lowest BCUT2D eigenvalue weighted by Crippen LogP contribution is -2.37. The van der Waals surface area contributed by atoms with Crippen molar-refractivity contribution in [1.82, 2.24) is 15.3 Å². The van der Waals surface area contributed by atoms with E-state index >= 15 is 0 Å². The molecule has 6 nitrogen and oxygen atoms in total. The number of aromatic carboxylic acids is 1. The van der Waals surface area contributed by atoms with Gasteiger partial charge >= 0.3 is 5.97 Å². The second kappa shape index (κ2) is 6.42. The second-order valence-corrected chi connectivity index (χ2v) is 4.54. The minimum absolute atomic E-state index is 0.0835. The van der Waals surface area contributed by atoms with E-state index in [1.807, 2.05) is 6.92 Å². The Balaban J connectivity index is 2.56. The van der Waals surface area contributed by atoms with Crippen molar-refractivity contribution >= 4 is 5.97 Å². The summed E-state index contributed by atoms with van der Waals surface area (Å²) < 4.78 is 0. The minimum atomic E-state index is -1.05. The van der Waals surface area contributed by atoms with Crippen LogP contribution < -0.4 is 5.32 Å². The molecule has 1 aromatic heterocycles. The Morgan fingerprint density at radius 3 is 2.89 bits per heavy atom. The first-order valence-corrected chi connectivity index (χ1v) is 5.91. The predicted octanol–water partition coefficient (Wildman–Crippen LogP) is 0.815. The summed E-state index contributed by atoms with van der Waals surface area (Å²) in [4.78, 5) is 18.5. The van der Waals surface area contributed by atoms with E-state index in [-0.39, 0.29) is 5.56 Å². The summed E-state index contributed by atoms with van der Waals surface area (Å²) in [5.41, 5.74) is -0.282. The fourth-order valence-electron chi connectivity index (χ4n) is 1.75. The van der Waals surface area contributed by atoms with Gasteiger partial charge in [-0.25, -0.2) is 14.8 Å². The number of carboxylic acids is 1. The van der Waals surface area contributed by atoms with Gasteiger partial charge in [0.1, 0.15) is 11.9 Å². The second-order valence-electron chi connectivity index (χ2n) is 4.54. The molecule has 0 radical (unpaired) electrons. The van der Waals surface area contributed by atoms with Crippen molar-refractivity contribution in [2.45, 2.75) is 38.8 Å². The molecule has 0 spiro atoms. The summed E-state index contributed by atoms with van der Waals surface area (Å²) in [7, 11) is 0. The van der Waals surface area contributed by atoms with E-state index < -0.39 is 11.6 Å². The average Bonchev–Trinajstić information content (AvgIpc) is 2.29. The normalized spacial score (nSPS) is 14.2. The molecule has 18 heavy (non-hydrogen) atoms. The minimum Gasteiger partial charge on any atom is -0.478 e. The van der Waals surface area contributed by atoms with Gasteiger partial charge in [-0.3, -0.25) is 0 Å². The van der Waals surface area contributed by atoms with E-state index in [2.05, 4.69) is 15.3 Å². The standard InChI is InChI=1S/C12H19N3O3/c1-3-4-12(2,18)7-13-6-10-9(11(16)17)5-14-8-15-10/h5,8,13,18H,3-4,6-7H2,1-2H3,(H,16,17). The molecule has 1 atom stereocenters. The fraction of sp³-hybridized carbons (Fsp3) is 0.583. The van der Waals surface area contributed by atoms with Crippen molar-refractivity contribution in [2.75, 3.05) is 6.54 Å². The van der Waals surface area contributed by atoms with Crippen LogP contribution in [0.5, 0.6) is 0 Å². The van der Waals surface area contributed by atoms with E-state index in [1.165, 1.54) is 12.5 Å². The number of aliphatic hydroxyl groups is 1. The van der Waals surface area contributed by atoms with Crippen molar-refractivity contribution in [2.24, 2.45) is 0 Å². The number of carboxylic acid groups (broad SMARTS) is 1. The number of rotatable bonds is 7. The van der Waals surface area contributed by atoms with Crippen molar-refractivity contribution in [3.05, 3.63) is 23.8 Å². The Labute approximate surface area is 106 Å². The van der Waals surface area contributed by atoms with Gasteiger partial charge in [0.15, 0.2) is 0 Å². The molecule has 0 saturated carbocycles. The smallest absolute Gasteiger partial charge is 0.339 e. The number of nitrogens with zero attached hydrogens (tertiary/aromatic N) is 2. The Morgan fingerprint density at radius 2 is 2.28 bits per heavy atom. The van der Waals surface area contributed by atoms with Gasteiger partial charge in [-0.15, -0.1) is 0 Å². The average molecular weight is 253 g/mol. The topological polar surface area (TPSA) is 95.3 Å². The third-order valence-corrected chi connectivity index (χ3v) is 2.61. The third-order valence-electron chi connectivity index (χ3n) is 2.61. The summed E-state index contributed by atoms with van der Waals surface area (Å²) in [6.07, 6.45) is 4.17. The first-order valence-electron chi connectivity index (χ1n) is 5.91. The van der Waals surface area contributed by atoms with Crippen LogP contribution in [0.2, 0.25) is 0 Å². The lowest BCUT2D eigenvalue weighted by Gasteiger charge is -2.23. The molecular formula is C12H19N3O3. The largest absolute Gasteiger partial charge is 0.478 e. The molecule has 0 aliphatic carbocycles. The number of hydrogen-bond donors (Lipinski definition) is 3. The number of aromatic nitrogens is 2. The predicted molar refractivity (Wildman–Crippen MR) is 66.2 cm³/mol. The molecule has 6 heteroatoms. The van der Waals surface area contributed by atoms with Crippen LogP contribution >= 0.6 is 0 Å². The molecular weight excluding hydrogens is 234 g/mol. The molecule has 0 fully saturated rings. The van der Waals surface area contributed by atoms with Crippen LogP contribution in [0.25, 0.3) is 0 Å². The van der Waals surface area contributed by atoms with Gasteiger partial charge in [-0.05, 0) is 13.3 Å². The molecule has 1 aromatic rings. The zero-order valence-corrected chi connectivity index (χ0v) is 10.7. The maximum absolute atomic E-state index is 10.9. The highest BCUT2D eigenvalue weighted by Gasteiger charge is 2.19. The van der Waals surface area contributed by atoms with Crippen LogP contribution in [0.4, 0.5) is 0 Å². The summed E-state index contributed by atoms with van der Waals surface area (Å²) in [6, 6.07) is 0. The first-order chi connectivity index (χ1) is 8.46. The lowest BCUT2D eigenvalue weighted by atomic mass is 10.0. The quantitative estimate of drug-likeness (QED) is 0.665. The molecule has 100 valence electrons. The number of carbonyl (C=O) groups is 1. The van der Waals surface area contributed by atoms with Crippen LogP contribution in [-0.2, 0) is 6.54 Å². The molecule has 0 aliphatic rings. The Morgan fingerprint density at radius 1 is 1.56 bits per heavy atom. The molecule has 1 heterocycles. The number of hydrogen-bond acceptors (Lipinski definition) is 5. The van der Waals surface area contributed by atoms with E-state index in [0.717, 1.165) is 6.42 Å². The zero-order chi connectivity index (χ0) is 13.6. The highest BCUT2D eigenvalue weighted by molar-refractivity contribution is 5.88. The number of nitrogens with one attached hydrogen (secondary N) is 1. The Bertz CT molecular complexity index is 407. The van der Waals surface area contributed by atoms with Gasteiger partial charge in [0.2, 0.25) is 0 Å². The van der Waals surface area contributed by atoms with E-state index in [1.54, 1.807) is 6.92 Å². The van der Waals surface area contributed by atoms with Crippen LogP contribution in [0.3, 0.4) is 0 Å². The van der Waals surface area contributed by atoms with Gasteiger partial charge in [0.05, 0.1) is 11.3 Å². The Kier molecular flexibility index (Phi) is 5.18. The Hall–Kier alpha value is -1.53. The van der Waals surface area contributed by atoms with E-state index in [4.69, 9.17) is 5.11 Å². The van der Waals surface area contributed by atoms with Crippen molar-refractivity contribution in [3.8, 4) is 0 Å². The fourth-order valence-corrected chi connectivity index (χ4v) is 1.75. The van der Waals surface area contributed by atoms with Crippen LogP contribution in [-0.4, -0.2) is 38.3 Å². The summed E-state index contributed by atoms with van der Waals surface area (Å²) in [5, 5.41) is 21.9. The molecule has 0 saturated heterocycles. The van der Waals surface area contributed by atoms with E-state index in [9.17, 15) is 9.90 Å². The summed E-state index contributed by atoms with van der Waals surface area (Å²) >= 11 is 0. The molecule has 3 N–H and O–H groups in total. The monoisotopic (exact) mass is 253 g/mol. The third kappa shape index (κ3) is 4.38. The maximum Gasteiger partial charge on any atom is 0.339 e. The highest BCUT2D eigenvalue weighted by atomic mass is 16.4. The molecule has 0 aromatic carbocycles. The first kappa shape index (κ1) is 14.5. The van der Waals surface area contributed by atoms with Gasteiger partial charge in [-0.2, -0.15) is 0 Å². The molecule has 1 rings (SSSR count). The van der Waals surface area contributed by atoms with Gasteiger partial charge in [0.25, 0.3) is 0 Å².